The molecule has 0 heterocycles. The van der Waals surface area contributed by atoms with Gasteiger partial charge < -0.3 is 0 Å². The fraction of sp³-hybridized carbons (Fsp3) is 0.500. The lowest BCUT2D eigenvalue weighted by Gasteiger charge is -2.13. The molecule has 92 valence electrons. The Balaban J connectivity index is 2.10. The molecule has 1 atom stereocenters. The summed E-state index contributed by atoms with van der Waals surface area (Å²) in [6.07, 6.45) is 4.89. The Kier molecular flexibility index (Phi) is 3.87. The van der Waals surface area contributed by atoms with Crippen LogP contribution in [0.3, 0.4) is 0 Å². The molecular formula is C14H16F2O. The second-order valence-corrected chi connectivity index (χ2v) is 4.70. The molecule has 1 saturated carbocycles. The quantitative estimate of drug-likeness (QED) is 0.719. The SMILES string of the molecule is O=C1CCCCCC1Cc1ccc(F)cc1F. The number of halogens is 2. The molecular weight excluding hydrogens is 222 g/mol. The molecule has 1 fully saturated rings. The summed E-state index contributed by atoms with van der Waals surface area (Å²) in [5.41, 5.74) is 0.451. The summed E-state index contributed by atoms with van der Waals surface area (Å²) in [4.78, 5) is 11.8. The fourth-order valence-corrected chi connectivity index (χ4v) is 2.40. The number of ketones is 1. The molecule has 2 rings (SSSR count). The van der Waals surface area contributed by atoms with Gasteiger partial charge >= 0.3 is 0 Å². The minimum Gasteiger partial charge on any atom is -0.299 e. The highest BCUT2D eigenvalue weighted by atomic mass is 19.1. The average Bonchev–Trinajstić information content (AvgIpc) is 2.48. The third-order valence-corrected chi connectivity index (χ3v) is 3.41. The van der Waals surface area contributed by atoms with Crippen molar-refractivity contribution in [2.45, 2.75) is 38.5 Å². The van der Waals surface area contributed by atoms with Gasteiger partial charge in [0.15, 0.2) is 0 Å². The Hall–Kier alpha value is -1.25. The molecule has 0 aliphatic heterocycles. The van der Waals surface area contributed by atoms with Gasteiger partial charge in [0.05, 0.1) is 0 Å². The zero-order valence-corrected chi connectivity index (χ0v) is 9.72. The minimum absolute atomic E-state index is 0.0857. The largest absolute Gasteiger partial charge is 0.299 e. The summed E-state index contributed by atoms with van der Waals surface area (Å²) in [7, 11) is 0. The van der Waals surface area contributed by atoms with Crippen molar-refractivity contribution in [3.05, 3.63) is 35.4 Å². The zero-order valence-electron chi connectivity index (χ0n) is 9.72. The van der Waals surface area contributed by atoms with E-state index in [1.165, 1.54) is 12.1 Å². The highest BCUT2D eigenvalue weighted by Crippen LogP contribution is 2.24. The maximum atomic E-state index is 13.5. The summed E-state index contributed by atoms with van der Waals surface area (Å²) in [6.45, 7) is 0. The summed E-state index contributed by atoms with van der Waals surface area (Å²) in [5.74, 6) is -0.968. The van der Waals surface area contributed by atoms with E-state index < -0.39 is 11.6 Å². The van der Waals surface area contributed by atoms with Crippen LogP contribution in [0.1, 0.15) is 37.7 Å². The van der Waals surface area contributed by atoms with Crippen LogP contribution in [-0.2, 0) is 11.2 Å². The lowest BCUT2D eigenvalue weighted by atomic mass is 9.91. The van der Waals surface area contributed by atoms with Crippen LogP contribution in [0.2, 0.25) is 0 Å². The standard InChI is InChI=1S/C14H16F2O/c15-12-7-6-10(13(16)9-12)8-11-4-2-1-3-5-14(11)17/h6-7,9,11H,1-5,8H2. The molecule has 0 amide bonds. The number of hydrogen-bond donors (Lipinski definition) is 0. The number of carbonyl (C=O) groups excluding carboxylic acids is 1. The Labute approximate surface area is 99.8 Å². The second-order valence-electron chi connectivity index (χ2n) is 4.70. The van der Waals surface area contributed by atoms with E-state index in [1.54, 1.807) is 0 Å². The van der Waals surface area contributed by atoms with E-state index in [1.807, 2.05) is 0 Å². The highest BCUT2D eigenvalue weighted by molar-refractivity contribution is 5.81. The third-order valence-electron chi connectivity index (χ3n) is 3.41. The van der Waals surface area contributed by atoms with Crippen LogP contribution in [0.5, 0.6) is 0 Å². The van der Waals surface area contributed by atoms with Crippen molar-refractivity contribution in [1.29, 1.82) is 0 Å². The van der Waals surface area contributed by atoms with Crippen LogP contribution < -0.4 is 0 Å². The van der Waals surface area contributed by atoms with Gasteiger partial charge in [-0.2, -0.15) is 0 Å². The maximum Gasteiger partial charge on any atom is 0.136 e. The van der Waals surface area contributed by atoms with E-state index in [-0.39, 0.29) is 11.7 Å². The Morgan fingerprint density at radius 1 is 1.18 bits per heavy atom. The number of hydrogen-bond acceptors (Lipinski definition) is 1. The Morgan fingerprint density at radius 2 is 2.00 bits per heavy atom. The molecule has 17 heavy (non-hydrogen) atoms. The van der Waals surface area contributed by atoms with Crippen molar-refractivity contribution in [3.63, 3.8) is 0 Å². The van der Waals surface area contributed by atoms with Crippen LogP contribution in [-0.4, -0.2) is 5.78 Å². The Morgan fingerprint density at radius 3 is 2.76 bits per heavy atom. The molecule has 1 aliphatic carbocycles. The summed E-state index contributed by atoms with van der Waals surface area (Å²) in [5, 5.41) is 0. The molecule has 0 spiro atoms. The van der Waals surface area contributed by atoms with E-state index in [0.717, 1.165) is 31.7 Å². The number of carbonyl (C=O) groups is 1. The van der Waals surface area contributed by atoms with E-state index in [2.05, 4.69) is 0 Å². The van der Waals surface area contributed by atoms with Gasteiger partial charge in [-0.05, 0) is 30.9 Å². The van der Waals surface area contributed by atoms with E-state index in [4.69, 9.17) is 0 Å². The predicted molar refractivity (Wildman–Crippen MR) is 61.6 cm³/mol. The van der Waals surface area contributed by atoms with Crippen LogP contribution >= 0.6 is 0 Å². The highest BCUT2D eigenvalue weighted by Gasteiger charge is 2.22. The molecule has 0 saturated heterocycles. The van der Waals surface area contributed by atoms with Gasteiger partial charge in [-0.25, -0.2) is 8.78 Å². The molecule has 3 heteroatoms. The third kappa shape index (κ3) is 3.11. The van der Waals surface area contributed by atoms with E-state index in [0.29, 0.717) is 18.4 Å². The van der Waals surface area contributed by atoms with Gasteiger partial charge in [0.25, 0.3) is 0 Å². The smallest absolute Gasteiger partial charge is 0.136 e. The van der Waals surface area contributed by atoms with Crippen LogP contribution in [0, 0.1) is 17.6 Å². The lowest BCUT2D eigenvalue weighted by molar-refractivity contribution is -0.122. The molecule has 0 aromatic heterocycles. The van der Waals surface area contributed by atoms with Crippen LogP contribution in [0.25, 0.3) is 0 Å². The van der Waals surface area contributed by atoms with Crippen molar-refractivity contribution >= 4 is 5.78 Å². The first kappa shape index (κ1) is 12.2. The van der Waals surface area contributed by atoms with Crippen molar-refractivity contribution in [3.8, 4) is 0 Å². The molecule has 1 aliphatic rings. The first-order chi connectivity index (χ1) is 8.16. The lowest BCUT2D eigenvalue weighted by Crippen LogP contribution is -2.16. The fourth-order valence-electron chi connectivity index (χ4n) is 2.40. The average molecular weight is 238 g/mol. The summed E-state index contributed by atoms with van der Waals surface area (Å²) >= 11 is 0. The topological polar surface area (TPSA) is 17.1 Å². The van der Waals surface area contributed by atoms with Gasteiger partial charge in [-0.1, -0.05) is 18.9 Å². The van der Waals surface area contributed by atoms with Crippen molar-refractivity contribution in [1.82, 2.24) is 0 Å². The molecule has 0 radical (unpaired) electrons. The first-order valence-corrected chi connectivity index (χ1v) is 6.13. The maximum absolute atomic E-state index is 13.5. The van der Waals surface area contributed by atoms with Gasteiger partial charge in [0, 0.05) is 18.4 Å². The first-order valence-electron chi connectivity index (χ1n) is 6.13. The van der Waals surface area contributed by atoms with Crippen LogP contribution in [0.4, 0.5) is 8.78 Å². The van der Waals surface area contributed by atoms with Gasteiger partial charge in [-0.3, -0.25) is 4.79 Å². The minimum atomic E-state index is -0.571. The van der Waals surface area contributed by atoms with Gasteiger partial charge in [-0.15, -0.1) is 0 Å². The van der Waals surface area contributed by atoms with Crippen molar-refractivity contribution in [2.75, 3.05) is 0 Å². The van der Waals surface area contributed by atoms with Gasteiger partial charge in [0.2, 0.25) is 0 Å². The Bertz CT molecular complexity index is 415. The number of Topliss-reactive ketones (excluding diaryl/α,β-unsaturated/α-hetero) is 1. The molecule has 0 bridgehead atoms. The van der Waals surface area contributed by atoms with Crippen molar-refractivity contribution < 1.29 is 13.6 Å². The molecule has 1 unspecified atom stereocenters. The molecule has 1 nitrogen and oxygen atoms in total. The zero-order chi connectivity index (χ0) is 12.3. The second kappa shape index (κ2) is 5.39. The summed E-state index contributed by atoms with van der Waals surface area (Å²) < 4.78 is 26.2. The molecule has 1 aromatic carbocycles. The molecule has 0 N–H and O–H groups in total. The van der Waals surface area contributed by atoms with Crippen molar-refractivity contribution in [2.24, 2.45) is 5.92 Å². The normalized spacial score (nSPS) is 21.3. The number of benzene rings is 1. The van der Waals surface area contributed by atoms with E-state index in [9.17, 15) is 13.6 Å². The van der Waals surface area contributed by atoms with Crippen LogP contribution in [0.15, 0.2) is 18.2 Å². The monoisotopic (exact) mass is 238 g/mol. The van der Waals surface area contributed by atoms with Gasteiger partial charge in [0.1, 0.15) is 17.4 Å². The summed E-state index contributed by atoms with van der Waals surface area (Å²) in [6, 6.07) is 3.58. The molecule has 1 aromatic rings. The number of rotatable bonds is 2. The predicted octanol–water partition coefficient (Wildman–Crippen LogP) is 3.66. The van der Waals surface area contributed by atoms with E-state index >= 15 is 0 Å².